The predicted octanol–water partition coefficient (Wildman–Crippen LogP) is 4.94. The number of carbonyl (C=O) groups excluding carboxylic acids is 2. The molecule has 1 aliphatic heterocycles. The maximum atomic E-state index is 13.7. The zero-order valence-electron chi connectivity index (χ0n) is 23.1. The monoisotopic (exact) mass is 513 g/mol. The Bertz CT molecular complexity index is 910. The van der Waals surface area contributed by atoms with Crippen LogP contribution in [0, 0.1) is 17.8 Å². The van der Waals surface area contributed by atoms with Crippen molar-refractivity contribution in [2.45, 2.75) is 90.2 Å². The van der Waals surface area contributed by atoms with Gasteiger partial charge in [0.2, 0.25) is 5.91 Å². The normalized spacial score (nSPS) is 24.7. The number of rotatable bonds is 8. The molecule has 2 N–H and O–H groups in total. The van der Waals surface area contributed by atoms with E-state index in [9.17, 15) is 14.7 Å². The number of likely N-dealkylation sites (N-methyl/N-ethyl adjacent to an activating group) is 1. The van der Waals surface area contributed by atoms with Crippen molar-refractivity contribution in [1.82, 2.24) is 9.80 Å². The maximum Gasteiger partial charge on any atom is 0.258 e. The Morgan fingerprint density at radius 3 is 2.46 bits per heavy atom. The number of amides is 2. The smallest absolute Gasteiger partial charge is 0.258 e. The van der Waals surface area contributed by atoms with Gasteiger partial charge in [0.15, 0.2) is 5.75 Å². The summed E-state index contributed by atoms with van der Waals surface area (Å²) in [5.41, 5.74) is 1.03. The van der Waals surface area contributed by atoms with Crippen molar-refractivity contribution in [3.63, 3.8) is 0 Å². The summed E-state index contributed by atoms with van der Waals surface area (Å²) in [4.78, 5) is 31.0. The summed E-state index contributed by atoms with van der Waals surface area (Å²) in [6, 6.07) is 5.14. The second-order valence-corrected chi connectivity index (χ2v) is 11.9. The standard InChI is InChI=1S/C30H47N3O4/c1-21-17-33(22(2)20-34)30(36)25-15-10-16-26(31-29(35)24-13-8-5-9-14-24)28(25)37-27(21)19-32(3)18-23-11-6-4-7-12-23/h10,15-16,21-24,27,34H,4-9,11-14,17-20H2,1-3H3,(H,31,35)/t21-,22+,27-/m1/s1. The van der Waals surface area contributed by atoms with Crippen molar-refractivity contribution in [2.24, 2.45) is 17.8 Å². The SMILES string of the molecule is C[C@@H]1CN([C@@H](C)CO)C(=O)c2cccc(NC(=O)C3CCCCC3)c2O[C@@H]1CN(C)CC1CCCCC1. The lowest BCUT2D eigenvalue weighted by Crippen LogP contribution is -2.50. The van der Waals surface area contributed by atoms with Crippen molar-refractivity contribution >= 4 is 17.5 Å². The summed E-state index contributed by atoms with van der Waals surface area (Å²) in [7, 11) is 2.17. The van der Waals surface area contributed by atoms with Gasteiger partial charge in [0.25, 0.3) is 5.91 Å². The summed E-state index contributed by atoms with van der Waals surface area (Å²) in [6.45, 7) is 6.22. The third-order valence-electron chi connectivity index (χ3n) is 8.71. The summed E-state index contributed by atoms with van der Waals surface area (Å²) in [6.07, 6.45) is 11.6. The van der Waals surface area contributed by atoms with Crippen LogP contribution in [-0.2, 0) is 4.79 Å². The quantitative estimate of drug-likeness (QED) is 0.515. The maximum absolute atomic E-state index is 13.7. The molecule has 0 radical (unpaired) electrons. The van der Waals surface area contributed by atoms with Crippen molar-refractivity contribution in [2.75, 3.05) is 38.6 Å². The average molecular weight is 514 g/mol. The number of aliphatic hydroxyl groups is 1. The Balaban J connectivity index is 1.60. The summed E-state index contributed by atoms with van der Waals surface area (Å²) in [5, 5.41) is 13.0. The molecule has 3 atom stereocenters. The van der Waals surface area contributed by atoms with Crippen LogP contribution in [0.5, 0.6) is 5.75 Å². The van der Waals surface area contributed by atoms with Gasteiger partial charge < -0.3 is 25.0 Å². The number of nitrogens with one attached hydrogen (secondary N) is 1. The molecule has 1 aromatic carbocycles. The minimum Gasteiger partial charge on any atom is -0.486 e. The number of nitrogens with zero attached hydrogens (tertiary/aromatic N) is 2. The van der Waals surface area contributed by atoms with E-state index < -0.39 is 0 Å². The number of aliphatic hydroxyl groups excluding tert-OH is 1. The second kappa shape index (κ2) is 13.1. The summed E-state index contributed by atoms with van der Waals surface area (Å²) < 4.78 is 6.69. The van der Waals surface area contributed by atoms with Gasteiger partial charge in [-0.05, 0) is 57.7 Å². The highest BCUT2D eigenvalue weighted by atomic mass is 16.5. The number of hydrogen-bond donors (Lipinski definition) is 2. The summed E-state index contributed by atoms with van der Waals surface area (Å²) in [5.74, 6) is 1.12. The molecule has 1 heterocycles. The topological polar surface area (TPSA) is 82.1 Å². The molecule has 2 fully saturated rings. The lowest BCUT2D eigenvalue weighted by molar-refractivity contribution is -0.120. The first-order valence-corrected chi connectivity index (χ1v) is 14.6. The fraction of sp³-hybridized carbons (Fsp3) is 0.733. The van der Waals surface area contributed by atoms with Crippen molar-refractivity contribution < 1.29 is 19.4 Å². The highest BCUT2D eigenvalue weighted by molar-refractivity contribution is 6.02. The first kappa shape index (κ1) is 27.9. The molecule has 2 amide bonds. The molecule has 7 nitrogen and oxygen atoms in total. The third-order valence-corrected chi connectivity index (χ3v) is 8.71. The lowest BCUT2D eigenvalue weighted by Gasteiger charge is -2.39. The molecule has 0 unspecified atom stereocenters. The van der Waals surface area contributed by atoms with Gasteiger partial charge in [0.1, 0.15) is 6.10 Å². The van der Waals surface area contributed by atoms with Crippen LogP contribution in [-0.4, -0.2) is 72.2 Å². The number of fused-ring (bicyclic) bond motifs is 1. The first-order valence-electron chi connectivity index (χ1n) is 14.6. The number of carbonyl (C=O) groups is 2. The zero-order chi connectivity index (χ0) is 26.4. The highest BCUT2D eigenvalue weighted by Gasteiger charge is 2.35. The molecule has 1 aromatic rings. The number of benzene rings is 1. The van der Waals surface area contributed by atoms with Gasteiger partial charge >= 0.3 is 0 Å². The lowest BCUT2D eigenvalue weighted by atomic mass is 9.88. The first-order chi connectivity index (χ1) is 17.9. The molecular weight excluding hydrogens is 466 g/mol. The van der Waals surface area contributed by atoms with Crippen molar-refractivity contribution in [1.29, 1.82) is 0 Å². The largest absolute Gasteiger partial charge is 0.486 e. The van der Waals surface area contributed by atoms with Gasteiger partial charge in [0.05, 0.1) is 23.9 Å². The third kappa shape index (κ3) is 7.05. The van der Waals surface area contributed by atoms with Crippen LogP contribution in [0.2, 0.25) is 0 Å². The van der Waals surface area contributed by atoms with Gasteiger partial charge in [-0.25, -0.2) is 0 Å². The molecule has 7 heteroatoms. The molecule has 37 heavy (non-hydrogen) atoms. The Morgan fingerprint density at radius 1 is 1.11 bits per heavy atom. The Labute approximate surface area is 222 Å². The van der Waals surface area contributed by atoms with Crippen LogP contribution >= 0.6 is 0 Å². The fourth-order valence-electron chi connectivity index (χ4n) is 6.35. The van der Waals surface area contributed by atoms with Gasteiger partial charge in [-0.2, -0.15) is 0 Å². The Hall–Kier alpha value is -2.12. The average Bonchev–Trinajstić information content (AvgIpc) is 2.91. The molecule has 0 spiro atoms. The van der Waals surface area contributed by atoms with E-state index in [1.54, 1.807) is 11.0 Å². The van der Waals surface area contributed by atoms with Gasteiger partial charge in [-0.3, -0.25) is 9.59 Å². The zero-order valence-corrected chi connectivity index (χ0v) is 23.1. The van der Waals surface area contributed by atoms with E-state index in [2.05, 4.69) is 24.2 Å². The molecule has 0 bridgehead atoms. The van der Waals surface area contributed by atoms with E-state index in [0.29, 0.717) is 23.5 Å². The van der Waals surface area contributed by atoms with Crippen LogP contribution in [0.15, 0.2) is 18.2 Å². The van der Waals surface area contributed by atoms with E-state index in [0.717, 1.165) is 44.7 Å². The Morgan fingerprint density at radius 2 is 1.78 bits per heavy atom. The number of ether oxygens (including phenoxy) is 1. The Kier molecular flexibility index (Phi) is 9.88. The minimum absolute atomic E-state index is 0.0103. The molecule has 4 rings (SSSR count). The van der Waals surface area contributed by atoms with Crippen LogP contribution in [0.3, 0.4) is 0 Å². The minimum atomic E-state index is -0.304. The molecule has 0 aromatic heterocycles. The van der Waals surface area contributed by atoms with Crippen LogP contribution < -0.4 is 10.1 Å². The van der Waals surface area contributed by atoms with E-state index in [1.807, 2.05) is 19.1 Å². The molecule has 0 saturated heterocycles. The number of anilines is 1. The van der Waals surface area contributed by atoms with E-state index in [4.69, 9.17) is 4.74 Å². The van der Waals surface area contributed by atoms with Gasteiger partial charge in [0, 0.05) is 31.5 Å². The van der Waals surface area contributed by atoms with Gasteiger partial charge in [-0.15, -0.1) is 0 Å². The van der Waals surface area contributed by atoms with Crippen molar-refractivity contribution in [3.05, 3.63) is 23.8 Å². The van der Waals surface area contributed by atoms with E-state index in [1.165, 1.54) is 38.5 Å². The number of para-hydroxylation sites is 1. The predicted molar refractivity (Wildman–Crippen MR) is 147 cm³/mol. The fourth-order valence-corrected chi connectivity index (χ4v) is 6.35. The van der Waals surface area contributed by atoms with Crippen LogP contribution in [0.25, 0.3) is 0 Å². The van der Waals surface area contributed by atoms with Crippen molar-refractivity contribution in [3.8, 4) is 5.75 Å². The number of hydrogen-bond acceptors (Lipinski definition) is 5. The van der Waals surface area contributed by atoms with Crippen LogP contribution in [0.1, 0.15) is 88.4 Å². The van der Waals surface area contributed by atoms with E-state index >= 15 is 0 Å². The summed E-state index contributed by atoms with van der Waals surface area (Å²) >= 11 is 0. The second-order valence-electron chi connectivity index (χ2n) is 11.9. The van der Waals surface area contributed by atoms with E-state index in [-0.39, 0.29) is 42.4 Å². The highest BCUT2D eigenvalue weighted by Crippen LogP contribution is 2.36. The van der Waals surface area contributed by atoms with Gasteiger partial charge in [-0.1, -0.05) is 51.5 Å². The molecule has 2 aliphatic carbocycles. The molecule has 3 aliphatic rings. The molecule has 2 saturated carbocycles. The molecule has 206 valence electrons. The van der Waals surface area contributed by atoms with Crippen LogP contribution in [0.4, 0.5) is 5.69 Å². The molecular formula is C30H47N3O4.